The maximum absolute atomic E-state index is 5.20. The monoisotopic (exact) mass is 257 g/mol. The van der Waals surface area contributed by atoms with Gasteiger partial charge >= 0.3 is 0 Å². The first kappa shape index (κ1) is 14.2. The number of nitrogens with zero attached hydrogens (tertiary/aromatic N) is 2. The van der Waals surface area contributed by atoms with Crippen LogP contribution in [0.25, 0.3) is 0 Å². The van der Waals surface area contributed by atoms with E-state index < -0.39 is 0 Å². The molecule has 1 atom stereocenters. The van der Waals surface area contributed by atoms with Crippen molar-refractivity contribution in [1.29, 1.82) is 0 Å². The van der Waals surface area contributed by atoms with Crippen molar-refractivity contribution < 1.29 is 4.74 Å². The van der Waals surface area contributed by atoms with Gasteiger partial charge in [-0.05, 0) is 13.0 Å². The van der Waals surface area contributed by atoms with Crippen molar-refractivity contribution in [3.05, 3.63) is 24.0 Å². The predicted octanol–water partition coefficient (Wildman–Crippen LogP) is 1.31. The fraction of sp³-hybridized carbons (Fsp3) is 0.583. The minimum absolute atomic E-state index is 0. The van der Waals surface area contributed by atoms with Crippen molar-refractivity contribution in [2.75, 3.05) is 26.7 Å². The zero-order chi connectivity index (χ0) is 11.4. The number of nitrogens with one attached hydrogen (secondary N) is 1. The molecule has 1 N–H and O–H groups in total. The molecule has 0 aliphatic carbocycles. The molecular formula is C12H20ClN3O. The Kier molecular flexibility index (Phi) is 5.68. The molecule has 2 rings (SSSR count). The summed E-state index contributed by atoms with van der Waals surface area (Å²) in [6.45, 7) is 6.35. The van der Waals surface area contributed by atoms with E-state index in [4.69, 9.17) is 4.74 Å². The van der Waals surface area contributed by atoms with Crippen LogP contribution in [0, 0.1) is 0 Å². The predicted molar refractivity (Wildman–Crippen MR) is 70.8 cm³/mol. The van der Waals surface area contributed by atoms with Crippen molar-refractivity contribution in [2.45, 2.75) is 19.5 Å². The summed E-state index contributed by atoms with van der Waals surface area (Å²) in [6.07, 6.45) is 1.81. The first-order chi connectivity index (χ1) is 7.79. The van der Waals surface area contributed by atoms with Gasteiger partial charge in [-0.1, -0.05) is 0 Å². The minimum atomic E-state index is 0. The quantitative estimate of drug-likeness (QED) is 0.886. The molecule has 1 aromatic heterocycles. The number of halogens is 1. The van der Waals surface area contributed by atoms with Crippen molar-refractivity contribution in [1.82, 2.24) is 15.2 Å². The number of methoxy groups -OCH3 is 1. The van der Waals surface area contributed by atoms with E-state index in [0.717, 1.165) is 37.6 Å². The molecule has 0 saturated carbocycles. The van der Waals surface area contributed by atoms with Gasteiger partial charge in [0.15, 0.2) is 0 Å². The highest BCUT2D eigenvalue weighted by Crippen LogP contribution is 2.13. The van der Waals surface area contributed by atoms with Gasteiger partial charge in [-0.25, -0.2) is 0 Å². The van der Waals surface area contributed by atoms with Crippen molar-refractivity contribution >= 4 is 12.4 Å². The largest absolute Gasteiger partial charge is 0.497 e. The molecule has 0 unspecified atom stereocenters. The van der Waals surface area contributed by atoms with Gasteiger partial charge in [0.2, 0.25) is 0 Å². The summed E-state index contributed by atoms with van der Waals surface area (Å²) >= 11 is 0. The molecule has 1 aromatic rings. The Hall–Kier alpha value is -0.840. The van der Waals surface area contributed by atoms with E-state index in [1.54, 1.807) is 13.3 Å². The minimum Gasteiger partial charge on any atom is -0.497 e. The molecule has 0 aromatic carbocycles. The van der Waals surface area contributed by atoms with Crippen LogP contribution in [0.3, 0.4) is 0 Å². The third kappa shape index (κ3) is 3.84. The highest BCUT2D eigenvalue weighted by molar-refractivity contribution is 5.85. The maximum atomic E-state index is 5.20. The van der Waals surface area contributed by atoms with Crippen LogP contribution in [0.1, 0.15) is 12.6 Å². The fourth-order valence-electron chi connectivity index (χ4n) is 2.00. The number of hydrogen-bond acceptors (Lipinski definition) is 4. The lowest BCUT2D eigenvalue weighted by Crippen LogP contribution is -2.49. The highest BCUT2D eigenvalue weighted by Gasteiger charge is 2.18. The number of aromatic nitrogens is 1. The molecule has 1 fully saturated rings. The SMILES string of the molecule is COc1ccnc(CN2CCNC[C@@H]2C)c1.Cl. The number of ether oxygens (including phenoxy) is 1. The Morgan fingerprint density at radius 2 is 2.41 bits per heavy atom. The topological polar surface area (TPSA) is 37.4 Å². The third-order valence-corrected chi connectivity index (χ3v) is 3.03. The average Bonchev–Trinajstić information content (AvgIpc) is 2.32. The van der Waals surface area contributed by atoms with Crippen LogP contribution in [0.5, 0.6) is 5.75 Å². The normalized spacial score (nSPS) is 20.7. The van der Waals surface area contributed by atoms with Gasteiger partial charge < -0.3 is 10.1 Å². The van der Waals surface area contributed by atoms with Gasteiger partial charge in [-0.3, -0.25) is 9.88 Å². The standard InChI is InChI=1S/C12H19N3O.ClH/c1-10-8-13-5-6-15(10)9-11-7-12(16-2)3-4-14-11;/h3-4,7,10,13H,5-6,8-9H2,1-2H3;1H/t10-;/m0./s1. The Balaban J connectivity index is 0.00000144. The molecule has 0 amide bonds. The molecule has 1 aliphatic heterocycles. The first-order valence-electron chi connectivity index (χ1n) is 5.73. The van der Waals surface area contributed by atoms with E-state index in [-0.39, 0.29) is 12.4 Å². The lowest BCUT2D eigenvalue weighted by molar-refractivity contribution is 0.163. The van der Waals surface area contributed by atoms with Gasteiger partial charge in [0.05, 0.1) is 12.8 Å². The van der Waals surface area contributed by atoms with Crippen LogP contribution in [0.15, 0.2) is 18.3 Å². The summed E-state index contributed by atoms with van der Waals surface area (Å²) in [4.78, 5) is 6.82. The summed E-state index contributed by atoms with van der Waals surface area (Å²) in [7, 11) is 1.69. The summed E-state index contributed by atoms with van der Waals surface area (Å²) in [5.74, 6) is 0.882. The molecule has 1 saturated heterocycles. The lowest BCUT2D eigenvalue weighted by atomic mass is 10.2. The summed E-state index contributed by atoms with van der Waals surface area (Å²) < 4.78 is 5.20. The Morgan fingerprint density at radius 3 is 3.12 bits per heavy atom. The van der Waals surface area contributed by atoms with Crippen LogP contribution in [-0.2, 0) is 6.54 Å². The molecule has 17 heavy (non-hydrogen) atoms. The first-order valence-corrected chi connectivity index (χ1v) is 5.73. The third-order valence-electron chi connectivity index (χ3n) is 3.03. The van der Waals surface area contributed by atoms with Crippen LogP contribution < -0.4 is 10.1 Å². The second kappa shape index (κ2) is 6.79. The molecule has 4 nitrogen and oxygen atoms in total. The molecule has 0 spiro atoms. The van der Waals surface area contributed by atoms with Gasteiger partial charge in [0.1, 0.15) is 5.75 Å². The van der Waals surface area contributed by atoms with Gasteiger partial charge in [-0.2, -0.15) is 0 Å². The molecule has 1 aliphatic rings. The molecule has 96 valence electrons. The van der Waals surface area contributed by atoms with E-state index in [0.29, 0.717) is 6.04 Å². The van der Waals surface area contributed by atoms with E-state index in [1.807, 2.05) is 12.1 Å². The average molecular weight is 258 g/mol. The number of hydrogen-bond donors (Lipinski definition) is 1. The lowest BCUT2D eigenvalue weighted by Gasteiger charge is -2.33. The van der Waals surface area contributed by atoms with Crippen molar-refractivity contribution in [3.8, 4) is 5.75 Å². The highest BCUT2D eigenvalue weighted by atomic mass is 35.5. The van der Waals surface area contributed by atoms with E-state index >= 15 is 0 Å². The van der Waals surface area contributed by atoms with E-state index in [9.17, 15) is 0 Å². The molecular weight excluding hydrogens is 238 g/mol. The zero-order valence-corrected chi connectivity index (χ0v) is 11.2. The fourth-order valence-corrected chi connectivity index (χ4v) is 2.00. The Morgan fingerprint density at radius 1 is 1.59 bits per heavy atom. The maximum Gasteiger partial charge on any atom is 0.122 e. The number of pyridine rings is 1. The van der Waals surface area contributed by atoms with Crippen LogP contribution in [0.4, 0.5) is 0 Å². The van der Waals surface area contributed by atoms with Crippen molar-refractivity contribution in [3.63, 3.8) is 0 Å². The van der Waals surface area contributed by atoms with Gasteiger partial charge in [0.25, 0.3) is 0 Å². The summed E-state index contributed by atoms with van der Waals surface area (Å²) in [5.41, 5.74) is 1.08. The number of piperazine rings is 1. The van der Waals surface area contributed by atoms with Crippen molar-refractivity contribution in [2.24, 2.45) is 0 Å². The second-order valence-electron chi connectivity index (χ2n) is 4.21. The van der Waals surface area contributed by atoms with Crippen LogP contribution in [-0.4, -0.2) is 42.7 Å². The van der Waals surface area contributed by atoms with Crippen LogP contribution in [0.2, 0.25) is 0 Å². The zero-order valence-electron chi connectivity index (χ0n) is 10.3. The summed E-state index contributed by atoms with van der Waals surface area (Å²) in [5, 5.41) is 3.39. The van der Waals surface area contributed by atoms with Gasteiger partial charge in [-0.15, -0.1) is 12.4 Å². The molecule has 5 heteroatoms. The molecule has 0 bridgehead atoms. The van der Waals surface area contributed by atoms with E-state index in [2.05, 4.69) is 22.1 Å². The Bertz CT molecular complexity index is 348. The smallest absolute Gasteiger partial charge is 0.122 e. The van der Waals surface area contributed by atoms with E-state index in [1.165, 1.54) is 0 Å². The van der Waals surface area contributed by atoms with Crippen LogP contribution >= 0.6 is 12.4 Å². The van der Waals surface area contributed by atoms with Gasteiger partial charge in [0, 0.05) is 44.5 Å². The molecule has 0 radical (unpaired) electrons. The second-order valence-corrected chi connectivity index (χ2v) is 4.21. The number of rotatable bonds is 3. The molecule has 2 heterocycles. The summed E-state index contributed by atoms with van der Waals surface area (Å²) in [6, 6.07) is 4.46. The Labute approximate surface area is 109 Å².